The lowest BCUT2D eigenvalue weighted by Crippen LogP contribution is -2.34. The van der Waals surface area contributed by atoms with Gasteiger partial charge in [0.1, 0.15) is 0 Å². The Morgan fingerprint density at radius 2 is 2.29 bits per heavy atom. The van der Waals surface area contributed by atoms with E-state index in [-0.39, 0.29) is 6.61 Å². The molecule has 0 bridgehead atoms. The summed E-state index contributed by atoms with van der Waals surface area (Å²) in [7, 11) is 0. The zero-order chi connectivity index (χ0) is 10.6. The van der Waals surface area contributed by atoms with Crippen molar-refractivity contribution < 1.29 is 15.0 Å². The third-order valence-electron chi connectivity index (χ3n) is 3.20. The van der Waals surface area contributed by atoms with Crippen LogP contribution in [-0.2, 0) is 4.79 Å². The molecule has 14 heavy (non-hydrogen) atoms. The van der Waals surface area contributed by atoms with Gasteiger partial charge in [-0.1, -0.05) is 6.92 Å². The fourth-order valence-corrected chi connectivity index (χ4v) is 2.06. The van der Waals surface area contributed by atoms with Crippen molar-refractivity contribution in [2.45, 2.75) is 26.2 Å². The van der Waals surface area contributed by atoms with Crippen molar-refractivity contribution >= 4 is 5.97 Å². The molecule has 1 aliphatic rings. The van der Waals surface area contributed by atoms with E-state index >= 15 is 0 Å². The number of aliphatic hydroxyl groups excluding tert-OH is 1. The van der Waals surface area contributed by atoms with E-state index in [9.17, 15) is 4.79 Å². The van der Waals surface area contributed by atoms with Gasteiger partial charge in [-0.3, -0.25) is 4.79 Å². The van der Waals surface area contributed by atoms with Gasteiger partial charge in [-0.25, -0.2) is 0 Å². The van der Waals surface area contributed by atoms with Gasteiger partial charge in [-0.05, 0) is 25.8 Å². The first-order valence-electron chi connectivity index (χ1n) is 5.21. The molecular formula is C10H19NO3. The minimum Gasteiger partial charge on any atom is -0.481 e. The van der Waals surface area contributed by atoms with E-state index in [2.05, 4.69) is 4.90 Å². The molecule has 0 aromatic rings. The van der Waals surface area contributed by atoms with E-state index in [4.69, 9.17) is 10.2 Å². The SMILES string of the molecule is CCC1(C(=O)O)CCN(CCCO)C1. The first kappa shape index (κ1) is 11.5. The Bertz CT molecular complexity index is 208. The molecule has 0 aromatic carbocycles. The third kappa shape index (κ3) is 2.25. The minimum absolute atomic E-state index is 0.183. The van der Waals surface area contributed by atoms with Crippen LogP contribution in [0.4, 0.5) is 0 Å². The summed E-state index contributed by atoms with van der Waals surface area (Å²) < 4.78 is 0. The summed E-state index contributed by atoms with van der Waals surface area (Å²) in [6, 6.07) is 0. The lowest BCUT2D eigenvalue weighted by atomic mass is 9.84. The molecule has 1 saturated heterocycles. The average Bonchev–Trinajstić information content (AvgIpc) is 2.59. The Morgan fingerprint density at radius 3 is 2.71 bits per heavy atom. The second kappa shape index (κ2) is 4.75. The maximum Gasteiger partial charge on any atom is 0.310 e. The highest BCUT2D eigenvalue weighted by Crippen LogP contribution is 2.33. The van der Waals surface area contributed by atoms with Crippen LogP contribution in [0.3, 0.4) is 0 Å². The van der Waals surface area contributed by atoms with Crippen molar-refractivity contribution in [2.75, 3.05) is 26.2 Å². The Hall–Kier alpha value is -0.610. The molecule has 0 radical (unpaired) electrons. The largest absolute Gasteiger partial charge is 0.481 e. The Labute approximate surface area is 84.5 Å². The molecule has 1 heterocycles. The summed E-state index contributed by atoms with van der Waals surface area (Å²) in [5.74, 6) is -0.675. The van der Waals surface area contributed by atoms with E-state index < -0.39 is 11.4 Å². The molecule has 4 nitrogen and oxygen atoms in total. The fourth-order valence-electron chi connectivity index (χ4n) is 2.06. The fraction of sp³-hybridized carbons (Fsp3) is 0.900. The van der Waals surface area contributed by atoms with Crippen molar-refractivity contribution in [2.24, 2.45) is 5.41 Å². The van der Waals surface area contributed by atoms with Crippen molar-refractivity contribution in [3.8, 4) is 0 Å². The summed E-state index contributed by atoms with van der Waals surface area (Å²) in [6.07, 6.45) is 2.17. The van der Waals surface area contributed by atoms with Crippen LogP contribution in [0.1, 0.15) is 26.2 Å². The smallest absolute Gasteiger partial charge is 0.310 e. The van der Waals surface area contributed by atoms with Crippen molar-refractivity contribution in [1.82, 2.24) is 4.90 Å². The van der Waals surface area contributed by atoms with Gasteiger partial charge in [0, 0.05) is 19.7 Å². The zero-order valence-electron chi connectivity index (χ0n) is 8.70. The number of hydrogen-bond donors (Lipinski definition) is 2. The van der Waals surface area contributed by atoms with Crippen LogP contribution < -0.4 is 0 Å². The second-order valence-electron chi connectivity index (χ2n) is 4.04. The third-order valence-corrected chi connectivity index (χ3v) is 3.20. The minimum atomic E-state index is -0.675. The number of carboxylic acids is 1. The van der Waals surface area contributed by atoms with Crippen LogP contribution in [0.2, 0.25) is 0 Å². The number of carbonyl (C=O) groups is 1. The van der Waals surface area contributed by atoms with Crippen LogP contribution in [0.15, 0.2) is 0 Å². The molecule has 0 saturated carbocycles. The highest BCUT2D eigenvalue weighted by atomic mass is 16.4. The molecular weight excluding hydrogens is 182 g/mol. The van der Waals surface area contributed by atoms with Gasteiger partial charge < -0.3 is 15.1 Å². The number of aliphatic hydroxyl groups is 1. The van der Waals surface area contributed by atoms with Gasteiger partial charge in [0.05, 0.1) is 5.41 Å². The molecule has 82 valence electrons. The molecule has 1 fully saturated rings. The lowest BCUT2D eigenvalue weighted by molar-refractivity contribution is -0.148. The average molecular weight is 201 g/mol. The van der Waals surface area contributed by atoms with E-state index in [1.807, 2.05) is 6.92 Å². The van der Waals surface area contributed by atoms with Gasteiger partial charge in [-0.2, -0.15) is 0 Å². The molecule has 0 amide bonds. The van der Waals surface area contributed by atoms with Gasteiger partial charge in [0.15, 0.2) is 0 Å². The predicted molar refractivity (Wildman–Crippen MR) is 53.1 cm³/mol. The van der Waals surface area contributed by atoms with Crippen LogP contribution in [-0.4, -0.2) is 47.3 Å². The number of nitrogens with zero attached hydrogens (tertiary/aromatic N) is 1. The maximum atomic E-state index is 11.1. The van der Waals surface area contributed by atoms with E-state index in [1.165, 1.54) is 0 Å². The quantitative estimate of drug-likeness (QED) is 0.682. The highest BCUT2D eigenvalue weighted by Gasteiger charge is 2.42. The monoisotopic (exact) mass is 201 g/mol. The Kier molecular flexibility index (Phi) is 3.89. The van der Waals surface area contributed by atoms with Gasteiger partial charge in [0.25, 0.3) is 0 Å². The van der Waals surface area contributed by atoms with Crippen molar-refractivity contribution in [1.29, 1.82) is 0 Å². The molecule has 2 N–H and O–H groups in total. The first-order chi connectivity index (χ1) is 6.64. The number of carboxylic acid groups (broad SMARTS) is 1. The normalized spacial score (nSPS) is 28.1. The lowest BCUT2D eigenvalue weighted by Gasteiger charge is -2.22. The number of likely N-dealkylation sites (tertiary alicyclic amines) is 1. The van der Waals surface area contributed by atoms with Gasteiger partial charge >= 0.3 is 5.97 Å². The van der Waals surface area contributed by atoms with Crippen LogP contribution >= 0.6 is 0 Å². The Balaban J connectivity index is 2.48. The molecule has 0 aliphatic carbocycles. The molecule has 1 unspecified atom stereocenters. The summed E-state index contributed by atoms with van der Waals surface area (Å²) in [4.78, 5) is 13.2. The summed E-state index contributed by atoms with van der Waals surface area (Å²) in [6.45, 7) is 4.41. The van der Waals surface area contributed by atoms with Gasteiger partial charge in [-0.15, -0.1) is 0 Å². The van der Waals surface area contributed by atoms with E-state index in [0.29, 0.717) is 13.0 Å². The summed E-state index contributed by atoms with van der Waals surface area (Å²) in [5, 5.41) is 17.8. The predicted octanol–water partition coefficient (Wildman–Crippen LogP) is 0.556. The summed E-state index contributed by atoms with van der Waals surface area (Å²) >= 11 is 0. The van der Waals surface area contributed by atoms with Gasteiger partial charge in [0.2, 0.25) is 0 Å². The first-order valence-corrected chi connectivity index (χ1v) is 5.21. The number of rotatable bonds is 5. The Morgan fingerprint density at radius 1 is 1.57 bits per heavy atom. The van der Waals surface area contributed by atoms with Crippen LogP contribution in [0, 0.1) is 5.41 Å². The molecule has 0 spiro atoms. The molecule has 4 heteroatoms. The second-order valence-corrected chi connectivity index (χ2v) is 4.04. The maximum absolute atomic E-state index is 11.1. The van der Waals surface area contributed by atoms with Crippen molar-refractivity contribution in [3.63, 3.8) is 0 Å². The van der Waals surface area contributed by atoms with Crippen molar-refractivity contribution in [3.05, 3.63) is 0 Å². The zero-order valence-corrected chi connectivity index (χ0v) is 8.70. The topological polar surface area (TPSA) is 60.8 Å². The molecule has 1 rings (SSSR count). The standard InChI is InChI=1S/C10H19NO3/c1-2-10(9(13)14)4-6-11(8-10)5-3-7-12/h12H,2-8H2,1H3,(H,13,14). The van der Waals surface area contributed by atoms with Crippen LogP contribution in [0.25, 0.3) is 0 Å². The van der Waals surface area contributed by atoms with E-state index in [0.717, 1.165) is 25.9 Å². The summed E-state index contributed by atoms with van der Waals surface area (Å²) in [5.41, 5.74) is -0.532. The molecule has 1 atom stereocenters. The van der Waals surface area contributed by atoms with E-state index in [1.54, 1.807) is 0 Å². The molecule has 1 aliphatic heterocycles. The highest BCUT2D eigenvalue weighted by molar-refractivity contribution is 5.75. The number of aliphatic carboxylic acids is 1. The van der Waals surface area contributed by atoms with Crippen LogP contribution in [0.5, 0.6) is 0 Å². The number of hydrogen-bond acceptors (Lipinski definition) is 3. The molecule has 0 aromatic heterocycles.